The molecule has 0 spiro atoms. The van der Waals surface area contributed by atoms with Crippen LogP contribution in [0.15, 0.2) is 57.9 Å². The van der Waals surface area contributed by atoms with E-state index in [0.29, 0.717) is 44.2 Å². The Morgan fingerprint density at radius 3 is 2.47 bits per heavy atom. The highest BCUT2D eigenvalue weighted by molar-refractivity contribution is 9.10. The molecule has 3 rings (SSSR count). The molecular formula is C25H24BrN3O5S2. The van der Waals surface area contributed by atoms with Crippen LogP contribution in [0, 0.1) is 0 Å². The van der Waals surface area contributed by atoms with Crippen molar-refractivity contribution in [1.82, 2.24) is 15.8 Å². The molecule has 0 atom stereocenters. The van der Waals surface area contributed by atoms with Gasteiger partial charge in [0.2, 0.25) is 5.91 Å². The fourth-order valence-corrected chi connectivity index (χ4v) is 5.08. The summed E-state index contributed by atoms with van der Waals surface area (Å²) in [6.07, 6.45) is 4.00. The number of nitrogens with zero attached hydrogens (tertiary/aromatic N) is 1. The number of benzene rings is 2. The quantitative estimate of drug-likeness (QED) is 0.146. The second kappa shape index (κ2) is 13.3. The van der Waals surface area contributed by atoms with Gasteiger partial charge in [0.25, 0.3) is 11.8 Å². The lowest BCUT2D eigenvalue weighted by Crippen LogP contribution is -2.41. The molecule has 1 fully saturated rings. The van der Waals surface area contributed by atoms with Crippen LogP contribution >= 0.6 is 39.9 Å². The van der Waals surface area contributed by atoms with Gasteiger partial charge in [-0.15, -0.1) is 0 Å². The van der Waals surface area contributed by atoms with Crippen molar-refractivity contribution >= 4 is 74.0 Å². The molecule has 2 aromatic rings. The third-order valence-corrected chi connectivity index (χ3v) is 7.29. The summed E-state index contributed by atoms with van der Waals surface area (Å²) in [6, 6.07) is 13.7. The number of hydrazine groups is 1. The Morgan fingerprint density at radius 2 is 1.78 bits per heavy atom. The average Bonchev–Trinajstić information content (AvgIpc) is 3.14. The Kier molecular flexibility index (Phi) is 10.2. The first-order chi connectivity index (χ1) is 17.3. The Hall–Kier alpha value is -3.02. The zero-order valence-electron chi connectivity index (χ0n) is 19.4. The summed E-state index contributed by atoms with van der Waals surface area (Å²) in [5, 5.41) is 0. The number of methoxy groups -OCH3 is 1. The fraction of sp³-hybridized carbons (Fsp3) is 0.240. The highest BCUT2D eigenvalue weighted by Gasteiger charge is 2.31. The molecule has 0 radical (unpaired) electrons. The molecule has 2 aromatic carbocycles. The molecule has 0 saturated carbocycles. The fourth-order valence-electron chi connectivity index (χ4n) is 3.31. The number of rotatable bonds is 9. The molecule has 0 bridgehead atoms. The van der Waals surface area contributed by atoms with Gasteiger partial charge in [-0.05, 0) is 64.7 Å². The molecule has 0 aliphatic carbocycles. The van der Waals surface area contributed by atoms with Crippen LogP contribution < -0.4 is 10.9 Å². The van der Waals surface area contributed by atoms with Gasteiger partial charge in [0.1, 0.15) is 4.32 Å². The zero-order chi connectivity index (χ0) is 26.1. The topological polar surface area (TPSA) is 105 Å². The van der Waals surface area contributed by atoms with Gasteiger partial charge in [0.15, 0.2) is 0 Å². The first-order valence-electron chi connectivity index (χ1n) is 11.1. The molecule has 188 valence electrons. The molecule has 2 N–H and O–H groups in total. The van der Waals surface area contributed by atoms with Crippen LogP contribution in [0.4, 0.5) is 0 Å². The summed E-state index contributed by atoms with van der Waals surface area (Å²) >= 11 is 9.90. The second-order valence-electron chi connectivity index (χ2n) is 7.74. The van der Waals surface area contributed by atoms with E-state index in [-0.39, 0.29) is 18.2 Å². The number of carbonyl (C=O) groups is 4. The highest BCUT2D eigenvalue weighted by atomic mass is 79.9. The monoisotopic (exact) mass is 589 g/mol. The van der Waals surface area contributed by atoms with E-state index in [1.807, 2.05) is 0 Å². The van der Waals surface area contributed by atoms with Crippen LogP contribution in [-0.2, 0) is 14.3 Å². The SMILES string of the molecule is COC(=O)c1ccc(C=C2SC(=S)N(CCCCCC(=O)NNC(=O)c3ccccc3Br)C2=O)cc1. The Balaban J connectivity index is 1.39. The number of carbonyl (C=O) groups excluding carboxylic acids is 4. The molecule has 1 saturated heterocycles. The predicted molar refractivity (Wildman–Crippen MR) is 146 cm³/mol. The first-order valence-corrected chi connectivity index (χ1v) is 13.1. The molecule has 8 nitrogen and oxygen atoms in total. The number of hydrogen-bond acceptors (Lipinski definition) is 7. The second-order valence-corrected chi connectivity index (χ2v) is 10.3. The summed E-state index contributed by atoms with van der Waals surface area (Å²) in [5.74, 6) is -1.27. The minimum Gasteiger partial charge on any atom is -0.465 e. The van der Waals surface area contributed by atoms with Crippen LogP contribution in [-0.4, -0.2) is 46.6 Å². The van der Waals surface area contributed by atoms with E-state index in [0.717, 1.165) is 12.0 Å². The molecule has 0 aromatic heterocycles. The predicted octanol–water partition coefficient (Wildman–Crippen LogP) is 4.46. The van der Waals surface area contributed by atoms with Crippen LogP contribution in [0.5, 0.6) is 0 Å². The molecule has 1 aliphatic heterocycles. The van der Waals surface area contributed by atoms with Crippen molar-refractivity contribution in [3.63, 3.8) is 0 Å². The normalized spacial score (nSPS) is 14.2. The van der Waals surface area contributed by atoms with Crippen molar-refractivity contribution < 1.29 is 23.9 Å². The Bertz CT molecular complexity index is 1200. The molecule has 36 heavy (non-hydrogen) atoms. The van der Waals surface area contributed by atoms with E-state index < -0.39 is 11.9 Å². The van der Waals surface area contributed by atoms with Crippen molar-refractivity contribution in [2.24, 2.45) is 0 Å². The van der Waals surface area contributed by atoms with Crippen molar-refractivity contribution in [2.45, 2.75) is 25.7 Å². The third kappa shape index (κ3) is 7.49. The van der Waals surface area contributed by atoms with Gasteiger partial charge in [-0.3, -0.25) is 30.1 Å². The van der Waals surface area contributed by atoms with Gasteiger partial charge in [-0.25, -0.2) is 4.79 Å². The van der Waals surface area contributed by atoms with E-state index in [4.69, 9.17) is 12.2 Å². The summed E-state index contributed by atoms with van der Waals surface area (Å²) in [6.45, 7) is 0.462. The number of hydrogen-bond donors (Lipinski definition) is 2. The molecule has 11 heteroatoms. The van der Waals surface area contributed by atoms with Gasteiger partial charge < -0.3 is 4.74 Å². The lowest BCUT2D eigenvalue weighted by molar-refractivity contribution is -0.123. The summed E-state index contributed by atoms with van der Waals surface area (Å²) < 4.78 is 5.82. The number of unbranched alkanes of at least 4 members (excludes halogenated alkanes) is 2. The standard InChI is InChI=1S/C25H24BrN3O5S2/c1-34-24(33)17-12-10-16(11-13-17)15-20-23(32)29(25(35)36-20)14-6-2-3-9-21(30)27-28-22(31)18-7-4-5-8-19(18)26/h4-5,7-8,10-13,15H,2-3,6,9,14H2,1H3,(H,27,30)(H,28,31). The van der Waals surface area contributed by atoms with E-state index >= 15 is 0 Å². The number of nitrogens with one attached hydrogen (secondary N) is 2. The van der Waals surface area contributed by atoms with Gasteiger partial charge in [-0.1, -0.05) is 54.7 Å². The lowest BCUT2D eigenvalue weighted by Gasteiger charge is -2.14. The smallest absolute Gasteiger partial charge is 0.337 e. The number of halogens is 1. The number of amides is 3. The van der Waals surface area contributed by atoms with Crippen LogP contribution in [0.3, 0.4) is 0 Å². The number of ether oxygens (including phenoxy) is 1. The molecular weight excluding hydrogens is 566 g/mol. The zero-order valence-corrected chi connectivity index (χ0v) is 22.6. The maximum atomic E-state index is 12.8. The van der Waals surface area contributed by atoms with Crippen molar-refractivity contribution in [2.75, 3.05) is 13.7 Å². The lowest BCUT2D eigenvalue weighted by atomic mass is 10.1. The minimum absolute atomic E-state index is 0.158. The van der Waals surface area contributed by atoms with Gasteiger partial charge in [-0.2, -0.15) is 0 Å². The molecule has 3 amide bonds. The van der Waals surface area contributed by atoms with E-state index in [9.17, 15) is 19.2 Å². The van der Waals surface area contributed by atoms with Crippen molar-refractivity contribution in [3.8, 4) is 0 Å². The van der Waals surface area contributed by atoms with Crippen molar-refractivity contribution in [1.29, 1.82) is 0 Å². The average molecular weight is 591 g/mol. The van der Waals surface area contributed by atoms with Gasteiger partial charge in [0, 0.05) is 17.4 Å². The van der Waals surface area contributed by atoms with E-state index in [1.54, 1.807) is 59.5 Å². The largest absolute Gasteiger partial charge is 0.465 e. The van der Waals surface area contributed by atoms with Gasteiger partial charge >= 0.3 is 5.97 Å². The molecule has 1 heterocycles. The molecule has 1 aliphatic rings. The summed E-state index contributed by atoms with van der Waals surface area (Å²) in [4.78, 5) is 50.5. The Labute approximate surface area is 226 Å². The van der Waals surface area contributed by atoms with Crippen molar-refractivity contribution in [3.05, 3.63) is 74.6 Å². The number of esters is 1. The maximum Gasteiger partial charge on any atom is 0.337 e. The number of thiocarbonyl (C=S) groups is 1. The third-order valence-electron chi connectivity index (χ3n) is 5.22. The van der Waals surface area contributed by atoms with Gasteiger partial charge in [0.05, 0.1) is 23.1 Å². The van der Waals surface area contributed by atoms with Crippen LogP contribution in [0.2, 0.25) is 0 Å². The maximum absolute atomic E-state index is 12.8. The Morgan fingerprint density at radius 1 is 1.06 bits per heavy atom. The number of thioether (sulfide) groups is 1. The molecule has 0 unspecified atom stereocenters. The summed E-state index contributed by atoms with van der Waals surface area (Å²) in [5.41, 5.74) is 6.45. The first kappa shape index (κ1) is 27.6. The van der Waals surface area contributed by atoms with E-state index in [2.05, 4.69) is 31.5 Å². The summed E-state index contributed by atoms with van der Waals surface area (Å²) in [7, 11) is 1.32. The van der Waals surface area contributed by atoms with Crippen LogP contribution in [0.1, 0.15) is 52.0 Å². The van der Waals surface area contributed by atoms with Crippen LogP contribution in [0.25, 0.3) is 6.08 Å². The highest BCUT2D eigenvalue weighted by Crippen LogP contribution is 2.32. The minimum atomic E-state index is -0.421. The van der Waals surface area contributed by atoms with E-state index in [1.165, 1.54) is 18.9 Å².